The van der Waals surface area contributed by atoms with Crippen molar-refractivity contribution in [3.05, 3.63) is 34.8 Å². The number of hydrogen-bond donors (Lipinski definition) is 2. The zero-order valence-electron chi connectivity index (χ0n) is 10.7. The van der Waals surface area contributed by atoms with Crippen molar-refractivity contribution >= 4 is 17.2 Å². The first-order valence-corrected chi connectivity index (χ1v) is 6.94. The van der Waals surface area contributed by atoms with Gasteiger partial charge in [-0.25, -0.2) is 4.98 Å². The molecule has 0 fully saturated rings. The number of carbonyl (C=O) groups is 1. The molecule has 0 atom stereocenters. The van der Waals surface area contributed by atoms with E-state index in [1.807, 2.05) is 23.6 Å². The Morgan fingerprint density at radius 3 is 3.00 bits per heavy atom. The molecule has 2 aromatic heterocycles. The Morgan fingerprint density at radius 2 is 2.26 bits per heavy atom. The Kier molecular flexibility index (Phi) is 5.00. The van der Waals surface area contributed by atoms with Gasteiger partial charge < -0.3 is 10.6 Å². The highest BCUT2D eigenvalue weighted by Gasteiger charge is 2.05. The monoisotopic (exact) mass is 276 g/mol. The van der Waals surface area contributed by atoms with Crippen molar-refractivity contribution in [3.8, 4) is 11.4 Å². The fourth-order valence-corrected chi connectivity index (χ4v) is 2.38. The van der Waals surface area contributed by atoms with Gasteiger partial charge in [-0.05, 0) is 19.2 Å². The van der Waals surface area contributed by atoms with E-state index in [9.17, 15) is 4.79 Å². The maximum Gasteiger partial charge on any atom is 0.233 e. The van der Waals surface area contributed by atoms with E-state index < -0.39 is 0 Å². The number of nitrogens with zero attached hydrogens (tertiary/aromatic N) is 2. The molecule has 1 amide bonds. The Hall–Kier alpha value is -1.79. The van der Waals surface area contributed by atoms with Crippen LogP contribution in [0.5, 0.6) is 0 Å². The molecular weight excluding hydrogens is 260 g/mol. The molecule has 0 bridgehead atoms. The number of nitrogens with one attached hydrogen (secondary N) is 2. The van der Waals surface area contributed by atoms with Crippen molar-refractivity contribution < 1.29 is 4.79 Å². The smallest absolute Gasteiger partial charge is 0.233 e. The van der Waals surface area contributed by atoms with E-state index in [0.29, 0.717) is 13.1 Å². The van der Waals surface area contributed by atoms with Crippen LogP contribution in [0.25, 0.3) is 11.4 Å². The normalized spacial score (nSPS) is 10.4. The number of likely N-dealkylation sites (N-methyl/N-ethyl adjacent to an activating group) is 1. The van der Waals surface area contributed by atoms with Crippen LogP contribution >= 0.6 is 11.3 Å². The number of amides is 1. The summed E-state index contributed by atoms with van der Waals surface area (Å²) >= 11 is 1.59. The van der Waals surface area contributed by atoms with Gasteiger partial charge in [-0.2, -0.15) is 0 Å². The lowest BCUT2D eigenvalue weighted by atomic mass is 10.3. The molecule has 0 unspecified atom stereocenters. The van der Waals surface area contributed by atoms with Gasteiger partial charge in [0.2, 0.25) is 5.91 Å². The van der Waals surface area contributed by atoms with Crippen molar-refractivity contribution in [2.24, 2.45) is 0 Å². The van der Waals surface area contributed by atoms with Crippen molar-refractivity contribution in [1.82, 2.24) is 20.6 Å². The number of pyridine rings is 1. The lowest BCUT2D eigenvalue weighted by Crippen LogP contribution is -2.33. The van der Waals surface area contributed by atoms with Gasteiger partial charge in [-0.1, -0.05) is 6.07 Å². The van der Waals surface area contributed by atoms with Gasteiger partial charge in [-0.15, -0.1) is 11.3 Å². The van der Waals surface area contributed by atoms with Crippen LogP contribution in [0.4, 0.5) is 0 Å². The van der Waals surface area contributed by atoms with Gasteiger partial charge >= 0.3 is 0 Å². The van der Waals surface area contributed by atoms with E-state index in [1.54, 1.807) is 24.6 Å². The van der Waals surface area contributed by atoms with Crippen LogP contribution in [-0.4, -0.2) is 36.0 Å². The fraction of sp³-hybridized carbons (Fsp3) is 0.308. The summed E-state index contributed by atoms with van der Waals surface area (Å²) in [5.74, 6) is 0.00371. The van der Waals surface area contributed by atoms with E-state index in [2.05, 4.69) is 20.6 Å². The molecule has 5 nitrogen and oxygen atoms in total. The van der Waals surface area contributed by atoms with E-state index in [-0.39, 0.29) is 5.91 Å². The van der Waals surface area contributed by atoms with Crippen LogP contribution in [0.2, 0.25) is 0 Å². The first-order valence-electron chi connectivity index (χ1n) is 6.06. The number of aromatic nitrogens is 2. The molecule has 2 N–H and O–H groups in total. The van der Waals surface area contributed by atoms with Crippen molar-refractivity contribution in [3.63, 3.8) is 0 Å². The second-order valence-electron chi connectivity index (χ2n) is 3.97. The Labute approximate surface area is 116 Å². The average Bonchev–Trinajstić information content (AvgIpc) is 2.89. The highest BCUT2D eigenvalue weighted by molar-refractivity contribution is 7.09. The van der Waals surface area contributed by atoms with E-state index in [1.165, 1.54) is 0 Å². The molecule has 0 spiro atoms. The van der Waals surface area contributed by atoms with Crippen LogP contribution < -0.4 is 10.6 Å². The highest BCUT2D eigenvalue weighted by atomic mass is 32.1. The molecule has 2 heterocycles. The summed E-state index contributed by atoms with van der Waals surface area (Å²) in [6.07, 6.45) is 2.50. The van der Waals surface area contributed by atoms with Crippen LogP contribution in [-0.2, 0) is 11.2 Å². The number of hydrogen-bond acceptors (Lipinski definition) is 5. The zero-order chi connectivity index (χ0) is 13.5. The Bertz CT molecular complexity index is 526. The second-order valence-corrected chi connectivity index (χ2v) is 4.91. The largest absolute Gasteiger partial charge is 0.355 e. The summed E-state index contributed by atoms with van der Waals surface area (Å²) in [5.41, 5.74) is 1.77. The third-order valence-electron chi connectivity index (χ3n) is 2.48. The first-order chi connectivity index (χ1) is 9.29. The number of thiazole rings is 1. The summed E-state index contributed by atoms with van der Waals surface area (Å²) < 4.78 is 0. The van der Waals surface area contributed by atoms with Gasteiger partial charge in [0.25, 0.3) is 0 Å². The summed E-state index contributed by atoms with van der Waals surface area (Å²) in [6, 6.07) is 5.76. The molecule has 0 aliphatic rings. The molecule has 0 radical (unpaired) electrons. The maximum absolute atomic E-state index is 11.3. The number of rotatable bonds is 6. The fourth-order valence-electron chi connectivity index (χ4n) is 1.59. The first kappa shape index (κ1) is 13.6. The molecule has 6 heteroatoms. The SMILES string of the molecule is CNCC(=O)NCCc1nc(-c2ccccn2)cs1. The van der Waals surface area contributed by atoms with Crippen LogP contribution in [0, 0.1) is 0 Å². The minimum atomic E-state index is 0.00371. The third kappa shape index (κ3) is 4.11. The van der Waals surface area contributed by atoms with Crippen molar-refractivity contribution in [1.29, 1.82) is 0 Å². The van der Waals surface area contributed by atoms with Crippen molar-refractivity contribution in [2.45, 2.75) is 6.42 Å². The summed E-state index contributed by atoms with van der Waals surface area (Å²) in [4.78, 5) is 20.0. The lowest BCUT2D eigenvalue weighted by Gasteiger charge is -2.02. The van der Waals surface area contributed by atoms with Crippen LogP contribution in [0.15, 0.2) is 29.8 Å². The van der Waals surface area contributed by atoms with Gasteiger partial charge in [0.05, 0.1) is 22.9 Å². The average molecular weight is 276 g/mol. The molecule has 19 heavy (non-hydrogen) atoms. The molecule has 0 aliphatic heterocycles. The summed E-state index contributed by atoms with van der Waals surface area (Å²) in [7, 11) is 1.75. The molecule has 2 aromatic rings. The third-order valence-corrected chi connectivity index (χ3v) is 3.39. The molecule has 0 saturated heterocycles. The van der Waals surface area contributed by atoms with E-state index in [4.69, 9.17) is 0 Å². The maximum atomic E-state index is 11.3. The van der Waals surface area contributed by atoms with Crippen molar-refractivity contribution in [2.75, 3.05) is 20.1 Å². The standard InChI is InChI=1S/C13H16N4OS/c1-14-8-12(18)16-7-5-13-17-11(9-19-13)10-4-2-3-6-15-10/h2-4,6,9,14H,5,7-8H2,1H3,(H,16,18). The van der Waals surface area contributed by atoms with Gasteiger partial charge in [0.15, 0.2) is 0 Å². The van der Waals surface area contributed by atoms with Gasteiger partial charge in [-0.3, -0.25) is 9.78 Å². The predicted octanol–water partition coefficient (Wildman–Crippen LogP) is 1.08. The molecule has 0 aromatic carbocycles. The summed E-state index contributed by atoms with van der Waals surface area (Å²) in [6.45, 7) is 0.951. The highest BCUT2D eigenvalue weighted by Crippen LogP contribution is 2.19. The Balaban J connectivity index is 1.86. The molecule has 0 aliphatic carbocycles. The molecule has 0 saturated carbocycles. The van der Waals surface area contributed by atoms with Gasteiger partial charge in [0.1, 0.15) is 0 Å². The van der Waals surface area contributed by atoms with Crippen LogP contribution in [0.3, 0.4) is 0 Å². The minimum absolute atomic E-state index is 0.00371. The molecule has 2 rings (SSSR count). The van der Waals surface area contributed by atoms with E-state index >= 15 is 0 Å². The number of carbonyl (C=O) groups excluding carboxylic acids is 1. The predicted molar refractivity (Wildman–Crippen MR) is 76.0 cm³/mol. The molecular formula is C13H16N4OS. The quantitative estimate of drug-likeness (QED) is 0.828. The topological polar surface area (TPSA) is 66.9 Å². The second kappa shape index (κ2) is 6.96. The Morgan fingerprint density at radius 1 is 1.37 bits per heavy atom. The zero-order valence-corrected chi connectivity index (χ0v) is 11.5. The lowest BCUT2D eigenvalue weighted by molar-refractivity contribution is -0.120. The van der Waals surface area contributed by atoms with Gasteiger partial charge in [0, 0.05) is 24.5 Å². The minimum Gasteiger partial charge on any atom is -0.355 e. The summed E-state index contributed by atoms with van der Waals surface area (Å²) in [5, 5.41) is 8.64. The van der Waals surface area contributed by atoms with Crippen LogP contribution in [0.1, 0.15) is 5.01 Å². The molecule has 100 valence electrons. The van der Waals surface area contributed by atoms with E-state index in [0.717, 1.165) is 22.8 Å².